The molecule has 0 saturated carbocycles. The molecule has 3 aromatic rings. The molecule has 1 N–H and O–H groups in total. The van der Waals surface area contributed by atoms with Crippen molar-refractivity contribution in [2.24, 2.45) is 4.99 Å². The van der Waals surface area contributed by atoms with Crippen LogP contribution in [0.1, 0.15) is 36.6 Å². The highest BCUT2D eigenvalue weighted by Gasteiger charge is 2.33. The number of nitrogens with zero attached hydrogens (tertiary/aromatic N) is 2. The van der Waals surface area contributed by atoms with Gasteiger partial charge in [-0.05, 0) is 68.7 Å². The summed E-state index contributed by atoms with van der Waals surface area (Å²) in [6.07, 6.45) is 1.69. The maximum Gasteiger partial charge on any atom is 0.338 e. The highest BCUT2D eigenvalue weighted by atomic mass is 35.5. The van der Waals surface area contributed by atoms with E-state index in [2.05, 4.69) is 17.2 Å². The topological polar surface area (TPSA) is 72.7 Å². The Morgan fingerprint density at radius 1 is 1.18 bits per heavy atom. The first-order valence-electron chi connectivity index (χ1n) is 10.6. The number of thiazole rings is 1. The van der Waals surface area contributed by atoms with Crippen LogP contribution in [0.4, 0.5) is 5.69 Å². The number of benzene rings is 2. The average Bonchev–Trinajstić information content (AvgIpc) is 3.09. The maximum absolute atomic E-state index is 13.5. The van der Waals surface area contributed by atoms with Gasteiger partial charge < -0.3 is 10.1 Å². The van der Waals surface area contributed by atoms with Gasteiger partial charge in [0, 0.05) is 16.9 Å². The monoisotopic (exact) mass is 481 g/mol. The quantitative estimate of drug-likeness (QED) is 0.557. The van der Waals surface area contributed by atoms with Gasteiger partial charge >= 0.3 is 5.97 Å². The van der Waals surface area contributed by atoms with E-state index in [1.54, 1.807) is 36.7 Å². The predicted molar refractivity (Wildman–Crippen MR) is 132 cm³/mol. The summed E-state index contributed by atoms with van der Waals surface area (Å²) in [6.45, 7) is 7.84. The van der Waals surface area contributed by atoms with Crippen LogP contribution in [0, 0.1) is 13.8 Å². The minimum atomic E-state index is -0.652. The first kappa shape index (κ1) is 23.0. The zero-order chi connectivity index (χ0) is 23.7. The van der Waals surface area contributed by atoms with Crippen molar-refractivity contribution in [1.29, 1.82) is 0 Å². The van der Waals surface area contributed by atoms with Gasteiger partial charge in [-0.2, -0.15) is 0 Å². The van der Waals surface area contributed by atoms with Crippen molar-refractivity contribution < 1.29 is 9.53 Å². The SMILES string of the molecule is CCOC(=O)C1=C(C)N=c2s/c(=C\Nc3ccc(C)c(C)c3)c(=O)n2[C@@H]1c1ccc(Cl)cc1. The molecule has 0 bridgehead atoms. The second-order valence-electron chi connectivity index (χ2n) is 7.80. The van der Waals surface area contributed by atoms with Crippen LogP contribution in [0.15, 0.2) is 63.5 Å². The fourth-order valence-corrected chi connectivity index (χ4v) is 4.83. The largest absolute Gasteiger partial charge is 0.463 e. The van der Waals surface area contributed by atoms with Gasteiger partial charge in [0.25, 0.3) is 5.56 Å². The number of nitrogens with one attached hydrogen (secondary N) is 1. The van der Waals surface area contributed by atoms with E-state index >= 15 is 0 Å². The van der Waals surface area contributed by atoms with Crippen molar-refractivity contribution in [3.05, 3.63) is 95.1 Å². The number of esters is 1. The molecule has 2 heterocycles. The summed E-state index contributed by atoms with van der Waals surface area (Å²) in [7, 11) is 0. The van der Waals surface area contributed by atoms with Gasteiger partial charge in [0.05, 0.1) is 23.9 Å². The number of hydrogen-bond acceptors (Lipinski definition) is 6. The van der Waals surface area contributed by atoms with Crippen LogP contribution in [0.5, 0.6) is 0 Å². The van der Waals surface area contributed by atoms with Crippen molar-refractivity contribution in [2.75, 3.05) is 11.9 Å². The molecular formula is C25H24ClN3O3S. The first-order chi connectivity index (χ1) is 15.8. The molecule has 1 atom stereocenters. The summed E-state index contributed by atoms with van der Waals surface area (Å²) in [5.41, 5.74) is 4.65. The molecule has 0 radical (unpaired) electrons. The van der Waals surface area contributed by atoms with Crippen LogP contribution < -0.4 is 20.2 Å². The Morgan fingerprint density at radius 3 is 2.58 bits per heavy atom. The fourth-order valence-electron chi connectivity index (χ4n) is 3.73. The predicted octanol–water partition coefficient (Wildman–Crippen LogP) is 4.09. The molecule has 0 unspecified atom stereocenters. The van der Waals surface area contributed by atoms with Gasteiger partial charge in [0.1, 0.15) is 4.53 Å². The number of rotatable bonds is 5. The van der Waals surface area contributed by atoms with E-state index in [1.807, 2.05) is 37.3 Å². The highest BCUT2D eigenvalue weighted by Crippen LogP contribution is 2.31. The lowest BCUT2D eigenvalue weighted by Crippen LogP contribution is -2.40. The number of anilines is 1. The molecule has 0 spiro atoms. The highest BCUT2D eigenvalue weighted by molar-refractivity contribution is 7.07. The molecule has 170 valence electrons. The lowest BCUT2D eigenvalue weighted by Gasteiger charge is -2.24. The normalized spacial score (nSPS) is 15.8. The minimum Gasteiger partial charge on any atom is -0.463 e. The van der Waals surface area contributed by atoms with E-state index in [1.165, 1.54) is 16.9 Å². The van der Waals surface area contributed by atoms with Crippen LogP contribution in [0.3, 0.4) is 0 Å². The molecule has 0 saturated heterocycles. The van der Waals surface area contributed by atoms with Gasteiger partial charge in [0.2, 0.25) is 0 Å². The molecule has 1 aromatic heterocycles. The molecule has 4 rings (SSSR count). The number of halogens is 1. The molecular weight excluding hydrogens is 458 g/mol. The van der Waals surface area contributed by atoms with Gasteiger partial charge in [-0.3, -0.25) is 9.36 Å². The van der Waals surface area contributed by atoms with E-state index in [9.17, 15) is 9.59 Å². The molecule has 8 heteroatoms. The third-order valence-corrected chi connectivity index (χ3v) is 6.81. The van der Waals surface area contributed by atoms with Crippen molar-refractivity contribution in [1.82, 2.24) is 4.57 Å². The van der Waals surface area contributed by atoms with Gasteiger partial charge in [0.15, 0.2) is 4.80 Å². The lowest BCUT2D eigenvalue weighted by atomic mass is 9.96. The Labute approximate surface area is 200 Å². The summed E-state index contributed by atoms with van der Waals surface area (Å²) in [4.78, 5) is 31.4. The van der Waals surface area contributed by atoms with E-state index < -0.39 is 12.0 Å². The number of allylic oxidation sites excluding steroid dienone is 1. The van der Waals surface area contributed by atoms with Gasteiger partial charge in [-0.25, -0.2) is 9.79 Å². The smallest absolute Gasteiger partial charge is 0.338 e. The molecule has 6 nitrogen and oxygen atoms in total. The van der Waals surface area contributed by atoms with E-state index in [0.29, 0.717) is 25.6 Å². The second-order valence-corrected chi connectivity index (χ2v) is 9.24. The fraction of sp³-hybridized carbons (Fsp3) is 0.240. The Hall–Kier alpha value is -3.16. The summed E-state index contributed by atoms with van der Waals surface area (Å²) in [6, 6.07) is 12.5. The zero-order valence-corrected chi connectivity index (χ0v) is 20.4. The van der Waals surface area contributed by atoms with Crippen molar-refractivity contribution in [3.8, 4) is 0 Å². The number of carbonyl (C=O) groups is 1. The van der Waals surface area contributed by atoms with E-state index in [-0.39, 0.29) is 12.2 Å². The Kier molecular flexibility index (Phi) is 6.54. The molecule has 0 fully saturated rings. The first-order valence-corrected chi connectivity index (χ1v) is 11.8. The molecule has 0 amide bonds. The lowest BCUT2D eigenvalue weighted by molar-refractivity contribution is -0.139. The average molecular weight is 482 g/mol. The number of aryl methyl sites for hydroxylation is 2. The van der Waals surface area contributed by atoms with E-state index in [4.69, 9.17) is 16.3 Å². The molecule has 1 aliphatic rings. The number of fused-ring (bicyclic) bond motifs is 1. The van der Waals surface area contributed by atoms with Crippen molar-refractivity contribution in [3.63, 3.8) is 0 Å². The van der Waals surface area contributed by atoms with Crippen LogP contribution in [-0.4, -0.2) is 17.1 Å². The van der Waals surface area contributed by atoms with Gasteiger partial charge in [-0.1, -0.05) is 41.1 Å². The third kappa shape index (κ3) is 4.51. The maximum atomic E-state index is 13.5. The van der Waals surface area contributed by atoms with Crippen LogP contribution in [-0.2, 0) is 9.53 Å². The summed E-state index contributed by atoms with van der Waals surface area (Å²) in [5.74, 6) is -0.485. The summed E-state index contributed by atoms with van der Waals surface area (Å²) in [5, 5.41) is 3.79. The second kappa shape index (κ2) is 9.37. The van der Waals surface area contributed by atoms with Crippen molar-refractivity contribution >= 4 is 40.8 Å². The molecule has 0 aliphatic carbocycles. The van der Waals surface area contributed by atoms with Gasteiger partial charge in [-0.15, -0.1) is 0 Å². The number of carbonyl (C=O) groups excluding carboxylic acids is 1. The molecule has 1 aliphatic heterocycles. The Bertz CT molecular complexity index is 1440. The van der Waals surface area contributed by atoms with Crippen LogP contribution >= 0.6 is 22.9 Å². The number of ether oxygens (including phenoxy) is 1. The summed E-state index contributed by atoms with van der Waals surface area (Å²) < 4.78 is 7.35. The minimum absolute atomic E-state index is 0.229. The van der Waals surface area contributed by atoms with Crippen molar-refractivity contribution in [2.45, 2.75) is 33.7 Å². The zero-order valence-electron chi connectivity index (χ0n) is 18.8. The summed E-state index contributed by atoms with van der Waals surface area (Å²) >= 11 is 7.36. The van der Waals surface area contributed by atoms with Crippen LogP contribution in [0.2, 0.25) is 5.02 Å². The standard InChI is InChI=1S/C25H24ClN3O3S/c1-5-32-24(31)21-16(4)28-25-29(22(21)17-7-9-18(26)10-8-17)23(30)20(33-25)13-27-19-11-6-14(2)15(3)12-19/h6-13,22,27H,5H2,1-4H3/b20-13-/t22-/m1/s1. The molecule has 33 heavy (non-hydrogen) atoms. The Balaban J connectivity index is 1.85. The third-order valence-electron chi connectivity index (χ3n) is 5.58. The number of hydrogen-bond donors (Lipinski definition) is 1. The van der Waals surface area contributed by atoms with Crippen LogP contribution in [0.25, 0.3) is 6.20 Å². The molecule has 2 aromatic carbocycles. The van der Waals surface area contributed by atoms with E-state index in [0.717, 1.165) is 16.8 Å². The number of aromatic nitrogens is 1. The Morgan fingerprint density at radius 2 is 1.91 bits per heavy atom.